The molecule has 0 amide bonds. The van der Waals surface area contributed by atoms with E-state index in [1.165, 1.54) is 12.1 Å². The SMILES string of the molecule is COc1cccc(N2CCN(Cc3cc(C#N)ccc3F)CC2)c1. The van der Waals surface area contributed by atoms with E-state index in [4.69, 9.17) is 10.00 Å². The summed E-state index contributed by atoms with van der Waals surface area (Å²) in [5.41, 5.74) is 2.23. The molecule has 124 valence electrons. The smallest absolute Gasteiger partial charge is 0.127 e. The van der Waals surface area contributed by atoms with E-state index in [-0.39, 0.29) is 5.82 Å². The number of halogens is 1. The molecule has 0 aromatic heterocycles. The molecule has 0 spiro atoms. The third-order valence-corrected chi connectivity index (χ3v) is 4.36. The predicted molar refractivity (Wildman–Crippen MR) is 91.6 cm³/mol. The number of hydrogen-bond donors (Lipinski definition) is 0. The van der Waals surface area contributed by atoms with Gasteiger partial charge in [0.1, 0.15) is 11.6 Å². The molecular weight excluding hydrogens is 305 g/mol. The zero-order valence-corrected chi connectivity index (χ0v) is 13.7. The van der Waals surface area contributed by atoms with Gasteiger partial charge in [-0.2, -0.15) is 5.26 Å². The Morgan fingerprint density at radius 2 is 1.92 bits per heavy atom. The fourth-order valence-corrected chi connectivity index (χ4v) is 2.98. The highest BCUT2D eigenvalue weighted by molar-refractivity contribution is 5.51. The Kier molecular flexibility index (Phi) is 4.97. The standard InChI is InChI=1S/C19H20FN3O/c1-24-18-4-2-3-17(12-18)23-9-7-22(8-10-23)14-16-11-15(13-21)5-6-19(16)20/h2-6,11-12H,7-10,14H2,1H3. The van der Waals surface area contributed by atoms with Crippen molar-refractivity contribution in [1.82, 2.24) is 4.90 Å². The molecule has 2 aromatic rings. The van der Waals surface area contributed by atoms with Gasteiger partial charge in [0.05, 0.1) is 18.7 Å². The third kappa shape index (κ3) is 3.66. The number of ether oxygens (including phenoxy) is 1. The van der Waals surface area contributed by atoms with Crippen molar-refractivity contribution in [1.29, 1.82) is 5.26 Å². The van der Waals surface area contributed by atoms with Gasteiger partial charge in [0.25, 0.3) is 0 Å². The van der Waals surface area contributed by atoms with Gasteiger partial charge in [-0.05, 0) is 30.3 Å². The van der Waals surface area contributed by atoms with E-state index in [1.807, 2.05) is 18.2 Å². The Morgan fingerprint density at radius 1 is 1.12 bits per heavy atom. The molecule has 1 saturated heterocycles. The maximum atomic E-state index is 13.9. The van der Waals surface area contributed by atoms with Gasteiger partial charge in [-0.3, -0.25) is 4.90 Å². The zero-order chi connectivity index (χ0) is 16.9. The number of rotatable bonds is 4. The first-order valence-corrected chi connectivity index (χ1v) is 7.99. The van der Waals surface area contributed by atoms with Gasteiger partial charge in [0, 0.05) is 50.0 Å². The summed E-state index contributed by atoms with van der Waals surface area (Å²) >= 11 is 0. The summed E-state index contributed by atoms with van der Waals surface area (Å²) in [6.45, 7) is 4.01. The summed E-state index contributed by atoms with van der Waals surface area (Å²) < 4.78 is 19.2. The minimum atomic E-state index is -0.246. The topological polar surface area (TPSA) is 39.5 Å². The number of hydrogen-bond acceptors (Lipinski definition) is 4. The van der Waals surface area contributed by atoms with Crippen LogP contribution < -0.4 is 9.64 Å². The van der Waals surface area contributed by atoms with Crippen LogP contribution in [0.25, 0.3) is 0 Å². The molecule has 1 aliphatic rings. The molecule has 0 saturated carbocycles. The molecule has 0 aliphatic carbocycles. The highest BCUT2D eigenvalue weighted by Gasteiger charge is 2.19. The van der Waals surface area contributed by atoms with Gasteiger partial charge in [-0.1, -0.05) is 6.07 Å². The molecule has 1 aliphatic heterocycles. The summed E-state index contributed by atoms with van der Waals surface area (Å²) in [5.74, 6) is 0.606. The van der Waals surface area contributed by atoms with Crippen molar-refractivity contribution in [2.45, 2.75) is 6.54 Å². The number of benzene rings is 2. The molecule has 2 aromatic carbocycles. The second kappa shape index (κ2) is 7.33. The van der Waals surface area contributed by atoms with Gasteiger partial charge < -0.3 is 9.64 Å². The fourth-order valence-electron chi connectivity index (χ4n) is 2.98. The van der Waals surface area contributed by atoms with Crippen LogP contribution in [0.4, 0.5) is 10.1 Å². The minimum absolute atomic E-state index is 0.246. The van der Waals surface area contributed by atoms with E-state index in [1.54, 1.807) is 13.2 Å². The number of nitriles is 1. The highest BCUT2D eigenvalue weighted by Crippen LogP contribution is 2.23. The lowest BCUT2D eigenvalue weighted by Gasteiger charge is -2.36. The van der Waals surface area contributed by atoms with E-state index >= 15 is 0 Å². The molecule has 0 bridgehead atoms. The molecule has 3 rings (SSSR count). The summed E-state index contributed by atoms with van der Waals surface area (Å²) in [4.78, 5) is 4.53. The van der Waals surface area contributed by atoms with Crippen LogP contribution in [0.1, 0.15) is 11.1 Å². The van der Waals surface area contributed by atoms with E-state index in [0.717, 1.165) is 37.6 Å². The first-order chi connectivity index (χ1) is 11.7. The van der Waals surface area contributed by atoms with Crippen LogP contribution in [0.15, 0.2) is 42.5 Å². The van der Waals surface area contributed by atoms with Crippen LogP contribution in [0.2, 0.25) is 0 Å². The van der Waals surface area contributed by atoms with Gasteiger partial charge in [0.2, 0.25) is 0 Å². The molecule has 24 heavy (non-hydrogen) atoms. The van der Waals surface area contributed by atoms with Crippen LogP contribution in [-0.4, -0.2) is 38.2 Å². The van der Waals surface area contributed by atoms with Crippen molar-refractivity contribution in [2.75, 3.05) is 38.2 Å². The second-order valence-electron chi connectivity index (χ2n) is 5.88. The quantitative estimate of drug-likeness (QED) is 0.866. The van der Waals surface area contributed by atoms with Crippen molar-refractivity contribution in [2.24, 2.45) is 0 Å². The first-order valence-electron chi connectivity index (χ1n) is 7.99. The van der Waals surface area contributed by atoms with Crippen molar-refractivity contribution in [3.8, 4) is 11.8 Å². The molecule has 1 fully saturated rings. The molecule has 4 nitrogen and oxygen atoms in total. The third-order valence-electron chi connectivity index (χ3n) is 4.36. The fraction of sp³-hybridized carbons (Fsp3) is 0.316. The summed E-state index contributed by atoms with van der Waals surface area (Å²) in [7, 11) is 1.67. The monoisotopic (exact) mass is 325 g/mol. The van der Waals surface area contributed by atoms with E-state index in [2.05, 4.69) is 21.9 Å². The normalized spacial score (nSPS) is 15.1. The molecule has 0 N–H and O–H groups in total. The number of nitrogens with zero attached hydrogens (tertiary/aromatic N) is 3. The van der Waals surface area contributed by atoms with Crippen molar-refractivity contribution >= 4 is 5.69 Å². The zero-order valence-electron chi connectivity index (χ0n) is 13.7. The van der Waals surface area contributed by atoms with Crippen LogP contribution in [0.3, 0.4) is 0 Å². The largest absolute Gasteiger partial charge is 0.497 e. The maximum absolute atomic E-state index is 13.9. The summed E-state index contributed by atoms with van der Waals surface area (Å²) in [5, 5.41) is 8.96. The molecule has 1 heterocycles. The van der Waals surface area contributed by atoms with Crippen LogP contribution in [0.5, 0.6) is 5.75 Å². The van der Waals surface area contributed by atoms with Crippen molar-refractivity contribution < 1.29 is 9.13 Å². The Bertz CT molecular complexity index is 749. The maximum Gasteiger partial charge on any atom is 0.127 e. The second-order valence-corrected chi connectivity index (χ2v) is 5.88. The molecule has 5 heteroatoms. The van der Waals surface area contributed by atoms with Gasteiger partial charge in [-0.25, -0.2) is 4.39 Å². The predicted octanol–water partition coefficient (Wildman–Crippen LogP) is 3.03. The Labute approximate surface area is 141 Å². The van der Waals surface area contributed by atoms with Gasteiger partial charge in [-0.15, -0.1) is 0 Å². The average Bonchev–Trinajstić information content (AvgIpc) is 2.64. The lowest BCUT2D eigenvalue weighted by Crippen LogP contribution is -2.46. The lowest BCUT2D eigenvalue weighted by molar-refractivity contribution is 0.246. The van der Waals surface area contributed by atoms with Crippen molar-refractivity contribution in [3.05, 3.63) is 59.4 Å². The van der Waals surface area contributed by atoms with Crippen LogP contribution >= 0.6 is 0 Å². The van der Waals surface area contributed by atoms with E-state index < -0.39 is 0 Å². The Hall–Kier alpha value is -2.58. The minimum Gasteiger partial charge on any atom is -0.497 e. The van der Waals surface area contributed by atoms with Crippen LogP contribution in [-0.2, 0) is 6.54 Å². The highest BCUT2D eigenvalue weighted by atomic mass is 19.1. The van der Waals surface area contributed by atoms with E-state index in [9.17, 15) is 4.39 Å². The summed E-state index contributed by atoms with van der Waals surface area (Å²) in [6.07, 6.45) is 0. The molecule has 0 radical (unpaired) electrons. The number of anilines is 1. The first kappa shape index (κ1) is 16.3. The Balaban J connectivity index is 1.62. The number of piperazine rings is 1. The molecule has 0 atom stereocenters. The van der Waals surface area contributed by atoms with E-state index in [0.29, 0.717) is 17.7 Å². The van der Waals surface area contributed by atoms with Gasteiger partial charge in [0.15, 0.2) is 0 Å². The van der Waals surface area contributed by atoms with Gasteiger partial charge >= 0.3 is 0 Å². The number of methoxy groups -OCH3 is 1. The Morgan fingerprint density at radius 3 is 2.62 bits per heavy atom. The average molecular weight is 325 g/mol. The van der Waals surface area contributed by atoms with Crippen LogP contribution in [0, 0.1) is 17.1 Å². The van der Waals surface area contributed by atoms with Crippen molar-refractivity contribution in [3.63, 3.8) is 0 Å². The lowest BCUT2D eigenvalue weighted by atomic mass is 10.1. The summed E-state index contributed by atoms with van der Waals surface area (Å²) in [6, 6.07) is 14.6. The molecular formula is C19H20FN3O. The molecule has 0 unspecified atom stereocenters.